The summed E-state index contributed by atoms with van der Waals surface area (Å²) in [4.78, 5) is 48.9. The van der Waals surface area contributed by atoms with Gasteiger partial charge in [-0.25, -0.2) is 4.79 Å². The maximum absolute atomic E-state index is 12.4. The summed E-state index contributed by atoms with van der Waals surface area (Å²) in [6.07, 6.45) is 1.61. The second-order valence-electron chi connectivity index (χ2n) is 5.66. The van der Waals surface area contributed by atoms with Crippen LogP contribution in [0.2, 0.25) is 0 Å². The van der Waals surface area contributed by atoms with Gasteiger partial charge < -0.3 is 15.4 Å². The smallest absolute Gasteiger partial charge is 0.328 e. The molecule has 0 spiro atoms. The largest absolute Gasteiger partial charge is 0.481 e. The van der Waals surface area contributed by atoms with Gasteiger partial charge in [0.25, 0.3) is 11.5 Å². The lowest BCUT2D eigenvalue weighted by Crippen LogP contribution is -2.42. The molecule has 1 aromatic carbocycles. The van der Waals surface area contributed by atoms with Gasteiger partial charge >= 0.3 is 11.7 Å². The molecule has 0 aliphatic carbocycles. The first-order valence-electron chi connectivity index (χ1n) is 7.73. The molecule has 0 aliphatic heterocycles. The number of carbonyl (C=O) groups excluding carboxylic acids is 1. The first-order chi connectivity index (χ1) is 11.9. The molecule has 0 saturated carbocycles. The fourth-order valence-corrected chi connectivity index (χ4v) is 2.41. The first-order valence-corrected chi connectivity index (χ1v) is 7.73. The average molecular weight is 345 g/mol. The second kappa shape index (κ2) is 8.09. The van der Waals surface area contributed by atoms with Crippen LogP contribution in [0.25, 0.3) is 0 Å². The van der Waals surface area contributed by atoms with Crippen LogP contribution in [0.3, 0.4) is 0 Å². The zero-order chi connectivity index (χ0) is 18.4. The molecule has 0 bridgehead atoms. The summed E-state index contributed by atoms with van der Waals surface area (Å²) in [6, 6.07) is 8.85. The number of nitrogens with zero attached hydrogens (tertiary/aromatic N) is 1. The van der Waals surface area contributed by atoms with Crippen molar-refractivity contribution in [3.63, 3.8) is 0 Å². The highest BCUT2D eigenvalue weighted by Gasteiger charge is 2.19. The number of amides is 1. The number of nitrogens with one attached hydrogen (secondary N) is 2. The molecule has 0 radical (unpaired) electrons. The minimum Gasteiger partial charge on any atom is -0.481 e. The Morgan fingerprint density at radius 1 is 1.24 bits per heavy atom. The van der Waals surface area contributed by atoms with Crippen molar-refractivity contribution in [3.05, 3.63) is 68.5 Å². The van der Waals surface area contributed by atoms with Crippen LogP contribution < -0.4 is 16.6 Å². The molecule has 1 unspecified atom stereocenters. The minimum atomic E-state index is -0.965. The fourth-order valence-electron chi connectivity index (χ4n) is 2.41. The highest BCUT2D eigenvalue weighted by Crippen LogP contribution is 2.08. The first kappa shape index (κ1) is 18.2. The molecule has 0 fully saturated rings. The molecule has 0 aliphatic rings. The summed E-state index contributed by atoms with van der Waals surface area (Å²) in [5, 5.41) is 11.6. The van der Waals surface area contributed by atoms with E-state index in [1.807, 2.05) is 30.3 Å². The van der Waals surface area contributed by atoms with E-state index in [2.05, 4.69) is 10.3 Å². The molecule has 1 aromatic heterocycles. The predicted molar refractivity (Wildman–Crippen MR) is 90.6 cm³/mol. The maximum Gasteiger partial charge on any atom is 0.328 e. The molecule has 1 amide bonds. The number of benzene rings is 1. The highest BCUT2D eigenvalue weighted by atomic mass is 16.4. The molecule has 8 heteroatoms. The van der Waals surface area contributed by atoms with Crippen molar-refractivity contribution >= 4 is 11.9 Å². The molecule has 8 nitrogen and oxygen atoms in total. The molecule has 1 heterocycles. The van der Waals surface area contributed by atoms with Crippen LogP contribution in [-0.2, 0) is 18.3 Å². The molecule has 1 atom stereocenters. The van der Waals surface area contributed by atoms with E-state index in [0.717, 1.165) is 16.3 Å². The summed E-state index contributed by atoms with van der Waals surface area (Å²) >= 11 is 0. The molecule has 2 rings (SSSR count). The quantitative estimate of drug-likeness (QED) is 0.665. The number of aromatic amines is 1. The maximum atomic E-state index is 12.4. The molecule has 0 saturated heterocycles. The van der Waals surface area contributed by atoms with E-state index in [1.165, 1.54) is 7.05 Å². The Morgan fingerprint density at radius 3 is 2.56 bits per heavy atom. The van der Waals surface area contributed by atoms with Gasteiger partial charge in [-0.05, 0) is 18.4 Å². The topological polar surface area (TPSA) is 121 Å². The van der Waals surface area contributed by atoms with Crippen molar-refractivity contribution in [3.8, 4) is 0 Å². The van der Waals surface area contributed by atoms with Crippen LogP contribution >= 0.6 is 0 Å². The Labute approximate surface area is 143 Å². The van der Waals surface area contributed by atoms with E-state index in [4.69, 9.17) is 5.11 Å². The summed E-state index contributed by atoms with van der Waals surface area (Å²) in [6.45, 7) is 0. The SMILES string of the molecule is Cn1c(=O)[nH]cc(C(=O)NC(CCC(=O)O)Cc2ccccc2)c1=O. The number of aliphatic carboxylic acids is 1. The Kier molecular flexibility index (Phi) is 5.89. The molecule has 132 valence electrons. The molecular formula is C17H19N3O5. The van der Waals surface area contributed by atoms with Gasteiger partial charge in [-0.3, -0.25) is 19.0 Å². The van der Waals surface area contributed by atoms with E-state index in [0.29, 0.717) is 6.42 Å². The number of carbonyl (C=O) groups is 2. The van der Waals surface area contributed by atoms with Crippen molar-refractivity contribution in [2.45, 2.75) is 25.3 Å². The average Bonchev–Trinajstić information content (AvgIpc) is 2.58. The lowest BCUT2D eigenvalue weighted by atomic mass is 10.0. The standard InChI is InChI=1S/C17H19N3O5/c1-20-16(24)13(10-18-17(20)25)15(23)19-12(7-8-14(21)22)9-11-5-3-2-4-6-11/h2-6,10,12H,7-9H2,1H3,(H,18,25)(H,19,23)(H,21,22). The number of hydrogen-bond donors (Lipinski definition) is 3. The van der Waals surface area contributed by atoms with Gasteiger partial charge in [0, 0.05) is 25.7 Å². The van der Waals surface area contributed by atoms with E-state index < -0.39 is 29.2 Å². The monoisotopic (exact) mass is 345 g/mol. The normalized spacial score (nSPS) is 11.7. The summed E-state index contributed by atoms with van der Waals surface area (Å²) in [5.41, 5.74) is -0.589. The summed E-state index contributed by atoms with van der Waals surface area (Å²) in [7, 11) is 1.27. The third-order valence-corrected chi connectivity index (χ3v) is 3.79. The van der Waals surface area contributed by atoms with Gasteiger partial charge in [-0.1, -0.05) is 30.3 Å². The van der Waals surface area contributed by atoms with Gasteiger partial charge in [0.15, 0.2) is 0 Å². The van der Waals surface area contributed by atoms with Crippen molar-refractivity contribution in [2.75, 3.05) is 0 Å². The van der Waals surface area contributed by atoms with Crippen molar-refractivity contribution in [1.29, 1.82) is 0 Å². The molecule has 3 N–H and O–H groups in total. The lowest BCUT2D eigenvalue weighted by Gasteiger charge is -2.18. The van der Waals surface area contributed by atoms with Crippen LogP contribution in [0.1, 0.15) is 28.8 Å². The highest BCUT2D eigenvalue weighted by molar-refractivity contribution is 5.93. The number of hydrogen-bond acceptors (Lipinski definition) is 4. The van der Waals surface area contributed by atoms with Gasteiger partial charge in [-0.15, -0.1) is 0 Å². The zero-order valence-electron chi connectivity index (χ0n) is 13.7. The fraction of sp³-hybridized carbons (Fsp3) is 0.294. The third kappa shape index (κ3) is 4.90. The number of H-pyrrole nitrogens is 1. The van der Waals surface area contributed by atoms with Gasteiger partial charge in [-0.2, -0.15) is 0 Å². The summed E-state index contributed by atoms with van der Waals surface area (Å²) in [5.74, 6) is -1.62. The third-order valence-electron chi connectivity index (χ3n) is 3.79. The number of aromatic nitrogens is 2. The lowest BCUT2D eigenvalue weighted by molar-refractivity contribution is -0.137. The minimum absolute atomic E-state index is 0.110. The van der Waals surface area contributed by atoms with Gasteiger partial charge in [0.1, 0.15) is 5.56 Å². The van der Waals surface area contributed by atoms with Gasteiger partial charge in [0.05, 0.1) is 0 Å². The number of carboxylic acid groups (broad SMARTS) is 1. The van der Waals surface area contributed by atoms with E-state index in [9.17, 15) is 19.2 Å². The molecule has 25 heavy (non-hydrogen) atoms. The van der Waals surface area contributed by atoms with E-state index in [1.54, 1.807) is 0 Å². The Balaban J connectivity index is 2.19. The van der Waals surface area contributed by atoms with Crippen LogP contribution in [0, 0.1) is 0 Å². The molecular weight excluding hydrogens is 326 g/mol. The number of rotatable bonds is 7. The number of carboxylic acids is 1. The van der Waals surface area contributed by atoms with Crippen molar-refractivity contribution in [1.82, 2.24) is 14.9 Å². The van der Waals surface area contributed by atoms with Gasteiger partial charge in [0.2, 0.25) is 0 Å². The predicted octanol–water partition coefficient (Wildman–Crippen LogP) is 0.280. The Morgan fingerprint density at radius 2 is 1.92 bits per heavy atom. The van der Waals surface area contributed by atoms with Crippen LogP contribution in [0.15, 0.2) is 46.1 Å². The zero-order valence-corrected chi connectivity index (χ0v) is 13.7. The van der Waals surface area contributed by atoms with E-state index in [-0.39, 0.29) is 18.4 Å². The van der Waals surface area contributed by atoms with Crippen LogP contribution in [0.4, 0.5) is 0 Å². The Hall–Kier alpha value is -3.16. The van der Waals surface area contributed by atoms with Crippen molar-refractivity contribution < 1.29 is 14.7 Å². The second-order valence-corrected chi connectivity index (χ2v) is 5.66. The van der Waals surface area contributed by atoms with Crippen LogP contribution in [-0.4, -0.2) is 32.6 Å². The summed E-state index contributed by atoms with van der Waals surface area (Å²) < 4.78 is 0.804. The van der Waals surface area contributed by atoms with Crippen molar-refractivity contribution in [2.24, 2.45) is 7.05 Å². The van der Waals surface area contributed by atoms with Crippen LogP contribution in [0.5, 0.6) is 0 Å². The Bertz CT molecular complexity index is 870. The van der Waals surface area contributed by atoms with E-state index >= 15 is 0 Å². The molecule has 2 aromatic rings.